The molecule has 0 aliphatic carbocycles. The fourth-order valence-corrected chi connectivity index (χ4v) is 4.33. The second-order valence-corrected chi connectivity index (χ2v) is 8.46. The number of thioether (sulfide) groups is 1. The molecule has 0 saturated carbocycles. The summed E-state index contributed by atoms with van der Waals surface area (Å²) >= 11 is 6.62. The molecule has 7 heteroatoms. The third-order valence-corrected chi connectivity index (χ3v) is 5.99. The van der Waals surface area contributed by atoms with E-state index in [1.807, 2.05) is 67.6 Å². The molecule has 0 radical (unpaired) electrons. The van der Waals surface area contributed by atoms with Crippen LogP contribution in [0, 0.1) is 18.3 Å². The Balaban J connectivity index is 1.67. The van der Waals surface area contributed by atoms with E-state index < -0.39 is 0 Å². The largest absolute Gasteiger partial charge is 0.311 e. The van der Waals surface area contributed by atoms with Gasteiger partial charge in [-0.25, -0.2) is 0 Å². The van der Waals surface area contributed by atoms with Gasteiger partial charge < -0.3 is 4.90 Å². The van der Waals surface area contributed by atoms with E-state index in [9.17, 15) is 9.59 Å². The highest BCUT2D eigenvalue weighted by Crippen LogP contribution is 2.32. The van der Waals surface area contributed by atoms with Gasteiger partial charge in [0.05, 0.1) is 17.4 Å². The molecule has 0 N–H and O–H groups in total. The van der Waals surface area contributed by atoms with E-state index in [0.29, 0.717) is 15.8 Å². The first-order valence-corrected chi connectivity index (χ1v) is 10.8. The number of hydrogen-bond acceptors (Lipinski definition) is 5. The number of thiocarbonyl (C=S) groups is 1. The molecule has 0 atom stereocenters. The summed E-state index contributed by atoms with van der Waals surface area (Å²) in [6.07, 6.45) is 2.19. The first-order valence-electron chi connectivity index (χ1n) is 9.54. The fourth-order valence-electron chi connectivity index (χ4n) is 3.02. The Kier molecular flexibility index (Phi) is 7.39. The van der Waals surface area contributed by atoms with Crippen LogP contribution in [-0.4, -0.2) is 34.1 Å². The summed E-state index contributed by atoms with van der Waals surface area (Å²) in [7, 11) is 0. The van der Waals surface area contributed by atoms with Crippen LogP contribution in [0.25, 0.3) is 6.08 Å². The molecule has 3 rings (SSSR count). The van der Waals surface area contributed by atoms with Gasteiger partial charge in [0.15, 0.2) is 0 Å². The highest BCUT2D eigenvalue weighted by Gasteiger charge is 2.32. The van der Waals surface area contributed by atoms with Crippen LogP contribution in [-0.2, 0) is 9.59 Å². The monoisotopic (exact) mass is 435 g/mol. The molecule has 1 heterocycles. The molecule has 2 aromatic rings. The van der Waals surface area contributed by atoms with Crippen molar-refractivity contribution in [3.8, 4) is 6.07 Å². The second-order valence-electron chi connectivity index (χ2n) is 6.78. The average Bonchev–Trinajstić information content (AvgIpc) is 3.01. The number of rotatable bonds is 7. The van der Waals surface area contributed by atoms with Crippen LogP contribution >= 0.6 is 24.0 Å². The van der Waals surface area contributed by atoms with Crippen LogP contribution in [0.3, 0.4) is 0 Å². The first kappa shape index (κ1) is 21.8. The van der Waals surface area contributed by atoms with Crippen molar-refractivity contribution in [1.29, 1.82) is 5.26 Å². The fraction of sp³-hybridized carbons (Fsp3) is 0.217. The zero-order valence-corrected chi connectivity index (χ0v) is 18.2. The Bertz CT molecular complexity index is 1010. The number of hydrogen-bond donors (Lipinski definition) is 0. The Hall–Kier alpha value is -2.95. The van der Waals surface area contributed by atoms with E-state index in [0.717, 1.165) is 16.8 Å². The maximum Gasteiger partial charge on any atom is 0.266 e. The van der Waals surface area contributed by atoms with E-state index >= 15 is 0 Å². The van der Waals surface area contributed by atoms with Crippen LogP contribution in [0.1, 0.15) is 24.0 Å². The van der Waals surface area contributed by atoms with Gasteiger partial charge in [0.25, 0.3) is 5.91 Å². The lowest BCUT2D eigenvalue weighted by atomic mass is 10.1. The van der Waals surface area contributed by atoms with Crippen molar-refractivity contribution in [1.82, 2.24) is 4.90 Å². The molecule has 0 unspecified atom stereocenters. The lowest BCUT2D eigenvalue weighted by Gasteiger charge is -2.23. The van der Waals surface area contributed by atoms with Crippen molar-refractivity contribution >= 4 is 51.9 Å². The van der Waals surface area contributed by atoms with Gasteiger partial charge in [-0.1, -0.05) is 72.0 Å². The third kappa shape index (κ3) is 5.35. The molecule has 0 spiro atoms. The van der Waals surface area contributed by atoms with Crippen molar-refractivity contribution < 1.29 is 9.59 Å². The molecule has 0 aromatic heterocycles. The molecule has 30 heavy (non-hydrogen) atoms. The molecule has 2 amide bonds. The SMILES string of the molecule is Cc1ccc(C=C2SC(=S)N(CCC(=O)N(CCC#N)c3ccccc3)C2=O)cc1. The summed E-state index contributed by atoms with van der Waals surface area (Å²) < 4.78 is 0.453. The molecule has 5 nitrogen and oxygen atoms in total. The number of amides is 2. The minimum atomic E-state index is -0.179. The number of nitrogens with zero attached hydrogens (tertiary/aromatic N) is 3. The molecular weight excluding hydrogens is 414 g/mol. The normalized spacial score (nSPS) is 14.8. The van der Waals surface area contributed by atoms with Gasteiger partial charge in [0, 0.05) is 25.2 Å². The van der Waals surface area contributed by atoms with Crippen LogP contribution in [0.15, 0.2) is 59.5 Å². The van der Waals surface area contributed by atoms with E-state index in [1.165, 1.54) is 16.7 Å². The number of benzene rings is 2. The maximum absolute atomic E-state index is 12.8. The molecule has 1 aliphatic rings. The molecule has 1 saturated heterocycles. The first-order chi connectivity index (χ1) is 14.5. The highest BCUT2D eigenvalue weighted by atomic mass is 32.2. The third-order valence-electron chi connectivity index (χ3n) is 4.61. The van der Waals surface area contributed by atoms with Gasteiger partial charge in [-0.05, 0) is 30.7 Å². The van der Waals surface area contributed by atoms with Gasteiger partial charge in [0.1, 0.15) is 4.32 Å². The zero-order chi connectivity index (χ0) is 21.5. The smallest absolute Gasteiger partial charge is 0.266 e. The minimum absolute atomic E-state index is 0.130. The van der Waals surface area contributed by atoms with Crippen LogP contribution in [0.2, 0.25) is 0 Å². The van der Waals surface area contributed by atoms with Crippen molar-refractivity contribution in [2.24, 2.45) is 0 Å². The molecule has 1 aliphatic heterocycles. The van der Waals surface area contributed by atoms with E-state index in [1.54, 1.807) is 4.90 Å². The minimum Gasteiger partial charge on any atom is -0.311 e. The van der Waals surface area contributed by atoms with Crippen molar-refractivity contribution in [2.75, 3.05) is 18.0 Å². The number of aryl methyl sites for hydroxylation is 1. The van der Waals surface area contributed by atoms with Crippen molar-refractivity contribution in [2.45, 2.75) is 19.8 Å². The van der Waals surface area contributed by atoms with E-state index in [-0.39, 0.29) is 31.2 Å². The summed E-state index contributed by atoms with van der Waals surface area (Å²) in [5.74, 6) is -0.324. The van der Waals surface area contributed by atoms with Gasteiger partial charge >= 0.3 is 0 Å². The highest BCUT2D eigenvalue weighted by molar-refractivity contribution is 8.26. The number of anilines is 1. The predicted molar refractivity (Wildman–Crippen MR) is 125 cm³/mol. The zero-order valence-electron chi connectivity index (χ0n) is 16.6. The Morgan fingerprint density at radius 1 is 1.20 bits per heavy atom. The van der Waals surface area contributed by atoms with Gasteiger partial charge in [-0.3, -0.25) is 14.5 Å². The quantitative estimate of drug-likeness (QED) is 0.472. The summed E-state index contributed by atoms with van der Waals surface area (Å²) in [5.41, 5.74) is 2.82. The van der Waals surface area contributed by atoms with Gasteiger partial charge in [0.2, 0.25) is 5.91 Å². The van der Waals surface area contributed by atoms with Crippen LogP contribution in [0.5, 0.6) is 0 Å². The standard InChI is InChI=1S/C23H21N3O2S2/c1-17-8-10-18(11-9-17)16-20-22(28)26(23(29)30-20)15-12-21(27)25(14-5-13-24)19-6-3-2-4-7-19/h2-4,6-11,16H,5,12,14-15H2,1H3. The van der Waals surface area contributed by atoms with Crippen LogP contribution in [0.4, 0.5) is 5.69 Å². The molecule has 152 valence electrons. The number of carbonyl (C=O) groups excluding carboxylic acids is 2. The van der Waals surface area contributed by atoms with E-state index in [2.05, 4.69) is 6.07 Å². The predicted octanol–water partition coefficient (Wildman–Crippen LogP) is 4.53. The second kappa shape index (κ2) is 10.2. The Labute approximate surface area is 186 Å². The molecular formula is C23H21N3O2S2. The maximum atomic E-state index is 12.8. The lowest BCUT2D eigenvalue weighted by molar-refractivity contribution is -0.123. The lowest BCUT2D eigenvalue weighted by Crippen LogP contribution is -2.36. The van der Waals surface area contributed by atoms with Gasteiger partial charge in [-0.2, -0.15) is 5.26 Å². The summed E-state index contributed by atoms with van der Waals surface area (Å²) in [6.45, 7) is 2.53. The molecule has 2 aromatic carbocycles. The summed E-state index contributed by atoms with van der Waals surface area (Å²) in [5, 5.41) is 8.91. The van der Waals surface area contributed by atoms with Crippen LogP contribution < -0.4 is 4.90 Å². The van der Waals surface area contributed by atoms with Crippen molar-refractivity contribution in [3.05, 3.63) is 70.6 Å². The topological polar surface area (TPSA) is 64.4 Å². The van der Waals surface area contributed by atoms with E-state index in [4.69, 9.17) is 17.5 Å². The summed E-state index contributed by atoms with van der Waals surface area (Å²) in [6, 6.07) is 19.2. The Morgan fingerprint density at radius 2 is 1.90 bits per heavy atom. The Morgan fingerprint density at radius 3 is 2.57 bits per heavy atom. The number of carbonyl (C=O) groups is 2. The van der Waals surface area contributed by atoms with Crippen molar-refractivity contribution in [3.63, 3.8) is 0 Å². The summed E-state index contributed by atoms with van der Waals surface area (Å²) in [4.78, 5) is 29.3. The molecule has 1 fully saturated rings. The number of nitriles is 1. The molecule has 0 bridgehead atoms. The number of para-hydroxylation sites is 1. The average molecular weight is 436 g/mol. The van der Waals surface area contributed by atoms with Gasteiger partial charge in [-0.15, -0.1) is 0 Å².